The van der Waals surface area contributed by atoms with Crippen LogP contribution in [0.3, 0.4) is 0 Å². The molecule has 0 radical (unpaired) electrons. The number of rotatable bonds is 6. The van der Waals surface area contributed by atoms with Gasteiger partial charge in [-0.05, 0) is 24.1 Å². The van der Waals surface area contributed by atoms with Crippen LogP contribution in [-0.2, 0) is 13.1 Å². The van der Waals surface area contributed by atoms with Crippen LogP contribution in [0.15, 0.2) is 24.3 Å². The van der Waals surface area contributed by atoms with Crippen molar-refractivity contribution >= 4 is 0 Å². The fraction of sp³-hybridized carbons (Fsp3) is 0.647. The van der Waals surface area contributed by atoms with Crippen LogP contribution in [0.2, 0.25) is 0 Å². The minimum atomic E-state index is 0.779. The van der Waals surface area contributed by atoms with Crippen LogP contribution in [0.4, 0.5) is 0 Å². The largest absolute Gasteiger partial charge is 0.316 e. The van der Waals surface area contributed by atoms with Crippen LogP contribution in [-0.4, -0.2) is 49.6 Å². The third-order valence-corrected chi connectivity index (χ3v) is 3.90. The quantitative estimate of drug-likeness (QED) is 0.858. The number of piperazine rings is 1. The second-order valence-corrected chi connectivity index (χ2v) is 6.32. The summed E-state index contributed by atoms with van der Waals surface area (Å²) in [7, 11) is 1.99. The molecule has 0 bridgehead atoms. The van der Waals surface area contributed by atoms with Crippen LogP contribution in [0, 0.1) is 5.92 Å². The first kappa shape index (κ1) is 15.5. The van der Waals surface area contributed by atoms with Gasteiger partial charge in [0.25, 0.3) is 0 Å². The first-order chi connectivity index (χ1) is 9.67. The summed E-state index contributed by atoms with van der Waals surface area (Å²) in [6, 6.07) is 9.02. The zero-order chi connectivity index (χ0) is 14.4. The highest BCUT2D eigenvalue weighted by Crippen LogP contribution is 2.11. The van der Waals surface area contributed by atoms with E-state index in [2.05, 4.69) is 53.2 Å². The van der Waals surface area contributed by atoms with Crippen LogP contribution in [0.5, 0.6) is 0 Å². The van der Waals surface area contributed by atoms with Crippen LogP contribution >= 0.6 is 0 Å². The van der Waals surface area contributed by atoms with Gasteiger partial charge >= 0.3 is 0 Å². The van der Waals surface area contributed by atoms with Gasteiger partial charge in [0.15, 0.2) is 0 Å². The number of nitrogens with zero attached hydrogens (tertiary/aromatic N) is 2. The van der Waals surface area contributed by atoms with Crippen molar-refractivity contribution in [2.45, 2.75) is 26.9 Å². The van der Waals surface area contributed by atoms with Gasteiger partial charge in [-0.2, -0.15) is 0 Å². The lowest BCUT2D eigenvalue weighted by Gasteiger charge is -2.35. The average Bonchev–Trinajstić information content (AvgIpc) is 2.43. The SMILES string of the molecule is CNCc1ccc(CN2CCN(CC(C)C)CC2)cc1. The van der Waals surface area contributed by atoms with E-state index in [9.17, 15) is 0 Å². The van der Waals surface area contributed by atoms with Crippen molar-refractivity contribution in [3.63, 3.8) is 0 Å². The molecule has 1 aromatic carbocycles. The molecule has 0 amide bonds. The second kappa shape index (κ2) is 7.77. The predicted octanol–water partition coefficient (Wildman–Crippen LogP) is 2.18. The molecule has 112 valence electrons. The van der Waals surface area contributed by atoms with E-state index >= 15 is 0 Å². The number of hydrogen-bond acceptors (Lipinski definition) is 3. The molecule has 0 atom stereocenters. The Hall–Kier alpha value is -0.900. The minimum Gasteiger partial charge on any atom is -0.316 e. The van der Waals surface area contributed by atoms with Gasteiger partial charge in [-0.15, -0.1) is 0 Å². The van der Waals surface area contributed by atoms with Gasteiger partial charge in [0.2, 0.25) is 0 Å². The normalized spacial score (nSPS) is 17.8. The monoisotopic (exact) mass is 275 g/mol. The Morgan fingerprint density at radius 2 is 1.50 bits per heavy atom. The second-order valence-electron chi connectivity index (χ2n) is 6.32. The van der Waals surface area contributed by atoms with Gasteiger partial charge in [-0.25, -0.2) is 0 Å². The zero-order valence-corrected chi connectivity index (χ0v) is 13.2. The Morgan fingerprint density at radius 3 is 2.05 bits per heavy atom. The molecule has 1 aromatic rings. The smallest absolute Gasteiger partial charge is 0.0234 e. The van der Waals surface area contributed by atoms with Gasteiger partial charge in [-0.3, -0.25) is 4.90 Å². The van der Waals surface area contributed by atoms with E-state index in [1.165, 1.54) is 43.9 Å². The summed E-state index contributed by atoms with van der Waals surface area (Å²) >= 11 is 0. The zero-order valence-electron chi connectivity index (χ0n) is 13.2. The fourth-order valence-electron chi connectivity index (χ4n) is 2.87. The fourth-order valence-corrected chi connectivity index (χ4v) is 2.87. The molecule has 1 heterocycles. The molecule has 2 rings (SSSR count). The third-order valence-electron chi connectivity index (χ3n) is 3.90. The van der Waals surface area contributed by atoms with E-state index < -0.39 is 0 Å². The van der Waals surface area contributed by atoms with Gasteiger partial charge in [0.1, 0.15) is 0 Å². The molecular weight excluding hydrogens is 246 g/mol. The molecule has 0 aromatic heterocycles. The number of nitrogens with one attached hydrogen (secondary N) is 1. The summed E-state index contributed by atoms with van der Waals surface area (Å²) in [5.74, 6) is 0.779. The molecule has 1 fully saturated rings. The number of benzene rings is 1. The molecule has 1 aliphatic rings. The third kappa shape index (κ3) is 4.89. The van der Waals surface area contributed by atoms with Crippen molar-refractivity contribution < 1.29 is 0 Å². The summed E-state index contributed by atoms with van der Waals surface area (Å²) in [5, 5.41) is 3.19. The Morgan fingerprint density at radius 1 is 0.950 bits per heavy atom. The van der Waals surface area contributed by atoms with Crippen LogP contribution in [0.25, 0.3) is 0 Å². The lowest BCUT2D eigenvalue weighted by molar-refractivity contribution is 0.117. The van der Waals surface area contributed by atoms with Gasteiger partial charge in [0, 0.05) is 45.8 Å². The summed E-state index contributed by atoms with van der Waals surface area (Å²) in [5.41, 5.74) is 2.79. The summed E-state index contributed by atoms with van der Waals surface area (Å²) < 4.78 is 0. The molecule has 0 saturated carbocycles. The molecule has 0 unspecified atom stereocenters. The minimum absolute atomic E-state index is 0.779. The molecule has 3 nitrogen and oxygen atoms in total. The maximum absolute atomic E-state index is 3.19. The lowest BCUT2D eigenvalue weighted by atomic mass is 10.1. The molecule has 1 saturated heterocycles. The van der Waals surface area contributed by atoms with Gasteiger partial charge < -0.3 is 10.2 Å². The molecular formula is C17H29N3. The van der Waals surface area contributed by atoms with Crippen molar-refractivity contribution in [3.05, 3.63) is 35.4 Å². The highest BCUT2D eigenvalue weighted by atomic mass is 15.3. The predicted molar refractivity (Wildman–Crippen MR) is 85.8 cm³/mol. The molecule has 0 spiro atoms. The molecule has 20 heavy (non-hydrogen) atoms. The van der Waals surface area contributed by atoms with E-state index in [0.717, 1.165) is 19.0 Å². The lowest BCUT2D eigenvalue weighted by Crippen LogP contribution is -2.46. The molecule has 3 heteroatoms. The maximum Gasteiger partial charge on any atom is 0.0234 e. The van der Waals surface area contributed by atoms with Crippen LogP contribution in [0.1, 0.15) is 25.0 Å². The van der Waals surface area contributed by atoms with E-state index in [0.29, 0.717) is 0 Å². The number of hydrogen-bond donors (Lipinski definition) is 1. The molecule has 1 N–H and O–H groups in total. The molecule has 1 aliphatic heterocycles. The van der Waals surface area contributed by atoms with Crippen molar-refractivity contribution in [2.75, 3.05) is 39.8 Å². The van der Waals surface area contributed by atoms with Crippen molar-refractivity contribution in [2.24, 2.45) is 5.92 Å². The standard InChI is InChI=1S/C17H29N3/c1-15(2)13-19-8-10-20(11-9-19)14-17-6-4-16(5-7-17)12-18-3/h4-7,15,18H,8-14H2,1-3H3. The average molecular weight is 275 g/mol. The Labute approximate surface area is 124 Å². The topological polar surface area (TPSA) is 18.5 Å². The Balaban J connectivity index is 1.77. The Bertz CT molecular complexity index is 378. The maximum atomic E-state index is 3.19. The van der Waals surface area contributed by atoms with E-state index in [1.54, 1.807) is 0 Å². The van der Waals surface area contributed by atoms with Gasteiger partial charge in [-0.1, -0.05) is 38.1 Å². The van der Waals surface area contributed by atoms with Gasteiger partial charge in [0.05, 0.1) is 0 Å². The first-order valence-electron chi connectivity index (χ1n) is 7.84. The van der Waals surface area contributed by atoms with Crippen LogP contribution < -0.4 is 5.32 Å². The summed E-state index contributed by atoms with van der Waals surface area (Å²) in [6.45, 7) is 12.7. The summed E-state index contributed by atoms with van der Waals surface area (Å²) in [4.78, 5) is 5.17. The first-order valence-corrected chi connectivity index (χ1v) is 7.84. The van der Waals surface area contributed by atoms with Crippen molar-refractivity contribution in [3.8, 4) is 0 Å². The van der Waals surface area contributed by atoms with E-state index in [1.807, 2.05) is 7.05 Å². The van der Waals surface area contributed by atoms with Crippen molar-refractivity contribution in [1.29, 1.82) is 0 Å². The van der Waals surface area contributed by atoms with Crippen molar-refractivity contribution in [1.82, 2.24) is 15.1 Å². The van der Waals surface area contributed by atoms with E-state index in [-0.39, 0.29) is 0 Å². The summed E-state index contributed by atoms with van der Waals surface area (Å²) in [6.07, 6.45) is 0. The van der Waals surface area contributed by atoms with E-state index in [4.69, 9.17) is 0 Å². The Kier molecular flexibility index (Phi) is 6.02. The molecule has 0 aliphatic carbocycles. The highest BCUT2D eigenvalue weighted by Gasteiger charge is 2.17. The highest BCUT2D eigenvalue weighted by molar-refractivity contribution is 5.22.